The van der Waals surface area contributed by atoms with Crippen LogP contribution in [0.1, 0.15) is 51.5 Å². The summed E-state index contributed by atoms with van der Waals surface area (Å²) in [6.45, 7) is 1.65. The van der Waals surface area contributed by atoms with Crippen LogP contribution in [0.3, 0.4) is 0 Å². The van der Waals surface area contributed by atoms with Gasteiger partial charge in [-0.25, -0.2) is 4.79 Å². The van der Waals surface area contributed by atoms with Gasteiger partial charge in [-0.05, 0) is 49.8 Å². The predicted molar refractivity (Wildman–Crippen MR) is 94.2 cm³/mol. The number of thiophene rings is 1. The van der Waals surface area contributed by atoms with Gasteiger partial charge in [-0.3, -0.25) is 4.79 Å². The predicted octanol–water partition coefficient (Wildman–Crippen LogP) is 3.66. The van der Waals surface area contributed by atoms with Gasteiger partial charge in [-0.2, -0.15) is 0 Å². The van der Waals surface area contributed by atoms with Crippen LogP contribution < -0.4 is 5.32 Å². The largest absolute Gasteiger partial charge is 0.451 e. The summed E-state index contributed by atoms with van der Waals surface area (Å²) in [6, 6.07) is 11.5. The van der Waals surface area contributed by atoms with Crippen LogP contribution in [0.2, 0.25) is 0 Å². The SMILES string of the molecule is C[C@H](NC(=O)COC(=O)c1cc2c(s1)CCCC2)c1ccccc1. The highest BCUT2D eigenvalue weighted by Crippen LogP contribution is 2.30. The molecule has 4 nitrogen and oxygen atoms in total. The van der Waals surface area contributed by atoms with Crippen molar-refractivity contribution >= 4 is 23.2 Å². The molecular weight excluding hydrogens is 322 g/mol. The summed E-state index contributed by atoms with van der Waals surface area (Å²) in [4.78, 5) is 26.0. The molecule has 0 spiro atoms. The first kappa shape index (κ1) is 16.7. The van der Waals surface area contributed by atoms with E-state index in [1.807, 2.05) is 43.3 Å². The van der Waals surface area contributed by atoms with E-state index in [1.54, 1.807) is 0 Å². The molecule has 1 amide bonds. The van der Waals surface area contributed by atoms with Gasteiger partial charge in [-0.1, -0.05) is 30.3 Å². The number of hydrogen-bond donors (Lipinski definition) is 1. The van der Waals surface area contributed by atoms with Gasteiger partial charge >= 0.3 is 5.97 Å². The van der Waals surface area contributed by atoms with E-state index in [4.69, 9.17) is 4.74 Å². The molecule has 1 heterocycles. The number of hydrogen-bond acceptors (Lipinski definition) is 4. The fraction of sp³-hybridized carbons (Fsp3) is 0.368. The Hall–Kier alpha value is -2.14. The smallest absolute Gasteiger partial charge is 0.348 e. The molecule has 3 rings (SSSR count). The van der Waals surface area contributed by atoms with Gasteiger partial charge < -0.3 is 10.1 Å². The number of fused-ring (bicyclic) bond motifs is 1. The maximum atomic E-state index is 12.1. The van der Waals surface area contributed by atoms with Crippen molar-refractivity contribution < 1.29 is 14.3 Å². The summed E-state index contributed by atoms with van der Waals surface area (Å²) in [7, 11) is 0. The zero-order chi connectivity index (χ0) is 16.9. The van der Waals surface area contributed by atoms with Crippen molar-refractivity contribution in [1.29, 1.82) is 0 Å². The molecule has 5 heteroatoms. The molecule has 0 fully saturated rings. The summed E-state index contributed by atoms with van der Waals surface area (Å²) in [5.74, 6) is -0.696. The molecule has 1 N–H and O–H groups in total. The quantitative estimate of drug-likeness (QED) is 0.843. The first-order valence-electron chi connectivity index (χ1n) is 8.26. The fourth-order valence-corrected chi connectivity index (χ4v) is 4.05. The number of ether oxygens (including phenoxy) is 1. The number of amides is 1. The van der Waals surface area contributed by atoms with Crippen LogP contribution >= 0.6 is 11.3 Å². The molecule has 2 aromatic rings. The van der Waals surface area contributed by atoms with E-state index in [1.165, 1.54) is 34.6 Å². The molecule has 0 unspecified atom stereocenters. The molecule has 1 aliphatic carbocycles. The fourth-order valence-electron chi connectivity index (χ4n) is 2.90. The maximum absolute atomic E-state index is 12.1. The number of aryl methyl sites for hydroxylation is 2. The Morgan fingerprint density at radius 2 is 1.96 bits per heavy atom. The number of carbonyl (C=O) groups is 2. The minimum absolute atomic E-state index is 0.119. The molecule has 0 radical (unpaired) electrons. The lowest BCUT2D eigenvalue weighted by atomic mass is 9.99. The third-order valence-electron chi connectivity index (χ3n) is 4.21. The van der Waals surface area contributed by atoms with Gasteiger partial charge in [0.1, 0.15) is 4.88 Å². The Labute approximate surface area is 145 Å². The van der Waals surface area contributed by atoms with E-state index < -0.39 is 5.97 Å². The summed E-state index contributed by atoms with van der Waals surface area (Å²) in [5, 5.41) is 2.84. The van der Waals surface area contributed by atoms with Crippen molar-refractivity contribution in [2.24, 2.45) is 0 Å². The molecule has 0 bridgehead atoms. The van der Waals surface area contributed by atoms with Gasteiger partial charge in [0.2, 0.25) is 0 Å². The molecule has 1 aromatic carbocycles. The minimum atomic E-state index is -0.406. The van der Waals surface area contributed by atoms with Crippen LogP contribution in [0.25, 0.3) is 0 Å². The topological polar surface area (TPSA) is 55.4 Å². The Bertz CT molecular complexity index is 700. The molecular formula is C19H21NO3S. The lowest BCUT2D eigenvalue weighted by Crippen LogP contribution is -2.31. The van der Waals surface area contributed by atoms with E-state index in [0.29, 0.717) is 4.88 Å². The second-order valence-corrected chi connectivity index (χ2v) is 7.18. The summed E-state index contributed by atoms with van der Waals surface area (Å²) in [5.41, 5.74) is 2.28. The number of rotatable bonds is 5. The maximum Gasteiger partial charge on any atom is 0.348 e. The third kappa shape index (κ3) is 4.03. The lowest BCUT2D eigenvalue weighted by Gasteiger charge is -2.14. The molecule has 24 heavy (non-hydrogen) atoms. The van der Waals surface area contributed by atoms with Gasteiger partial charge in [0.15, 0.2) is 6.61 Å². The highest BCUT2D eigenvalue weighted by Gasteiger charge is 2.19. The van der Waals surface area contributed by atoms with Gasteiger partial charge in [-0.15, -0.1) is 11.3 Å². The highest BCUT2D eigenvalue weighted by molar-refractivity contribution is 7.14. The van der Waals surface area contributed by atoms with Crippen LogP contribution in [0.5, 0.6) is 0 Å². The number of nitrogens with one attached hydrogen (secondary N) is 1. The average Bonchev–Trinajstić information content (AvgIpc) is 3.04. The van der Waals surface area contributed by atoms with Gasteiger partial charge in [0.05, 0.1) is 6.04 Å². The van der Waals surface area contributed by atoms with E-state index in [9.17, 15) is 9.59 Å². The second kappa shape index (κ2) is 7.62. The zero-order valence-electron chi connectivity index (χ0n) is 13.7. The normalized spacial score (nSPS) is 14.5. The molecule has 0 saturated heterocycles. The van der Waals surface area contributed by atoms with Crippen molar-refractivity contribution in [3.05, 3.63) is 57.3 Å². The number of benzene rings is 1. The summed E-state index contributed by atoms with van der Waals surface area (Å²) < 4.78 is 5.16. The zero-order valence-corrected chi connectivity index (χ0v) is 14.5. The van der Waals surface area contributed by atoms with Crippen LogP contribution in [-0.4, -0.2) is 18.5 Å². The van der Waals surface area contributed by atoms with Crippen molar-refractivity contribution in [2.75, 3.05) is 6.61 Å². The molecule has 1 aliphatic rings. The van der Waals surface area contributed by atoms with E-state index in [0.717, 1.165) is 18.4 Å². The summed E-state index contributed by atoms with van der Waals surface area (Å²) >= 11 is 1.50. The van der Waals surface area contributed by atoms with E-state index >= 15 is 0 Å². The van der Waals surface area contributed by atoms with Gasteiger partial charge in [0, 0.05) is 4.88 Å². The first-order chi connectivity index (χ1) is 11.6. The Morgan fingerprint density at radius 1 is 1.21 bits per heavy atom. The monoisotopic (exact) mass is 343 g/mol. The Morgan fingerprint density at radius 3 is 2.71 bits per heavy atom. The van der Waals surface area contributed by atoms with Crippen LogP contribution in [0.15, 0.2) is 36.4 Å². The minimum Gasteiger partial charge on any atom is -0.451 e. The Balaban J connectivity index is 1.50. The molecule has 0 saturated carbocycles. The first-order valence-corrected chi connectivity index (χ1v) is 9.08. The molecule has 126 valence electrons. The highest BCUT2D eigenvalue weighted by atomic mass is 32.1. The van der Waals surface area contributed by atoms with Crippen molar-refractivity contribution in [3.8, 4) is 0 Å². The molecule has 1 aromatic heterocycles. The Kier molecular flexibility index (Phi) is 5.30. The van der Waals surface area contributed by atoms with E-state index in [-0.39, 0.29) is 18.6 Å². The average molecular weight is 343 g/mol. The summed E-state index contributed by atoms with van der Waals surface area (Å²) in [6.07, 6.45) is 4.44. The number of esters is 1. The third-order valence-corrected chi connectivity index (χ3v) is 5.43. The van der Waals surface area contributed by atoms with Gasteiger partial charge in [0.25, 0.3) is 5.91 Å². The lowest BCUT2D eigenvalue weighted by molar-refractivity contribution is -0.124. The van der Waals surface area contributed by atoms with Crippen molar-refractivity contribution in [3.63, 3.8) is 0 Å². The van der Waals surface area contributed by atoms with Crippen LogP contribution in [0, 0.1) is 0 Å². The number of carbonyl (C=O) groups excluding carboxylic acids is 2. The van der Waals surface area contributed by atoms with Crippen LogP contribution in [-0.2, 0) is 22.4 Å². The molecule has 0 aliphatic heterocycles. The van der Waals surface area contributed by atoms with Crippen LogP contribution in [0.4, 0.5) is 0 Å². The van der Waals surface area contributed by atoms with Crippen molar-refractivity contribution in [2.45, 2.75) is 38.6 Å². The van der Waals surface area contributed by atoms with E-state index in [2.05, 4.69) is 5.32 Å². The standard InChI is InChI=1S/C19H21NO3S/c1-13(14-7-3-2-4-8-14)20-18(21)12-23-19(22)17-11-15-9-5-6-10-16(15)24-17/h2-4,7-8,11,13H,5-6,9-10,12H2,1H3,(H,20,21)/t13-/m0/s1. The van der Waals surface area contributed by atoms with Crippen molar-refractivity contribution in [1.82, 2.24) is 5.32 Å². The second-order valence-electron chi connectivity index (χ2n) is 6.04. The molecule has 1 atom stereocenters.